The SMILES string of the molecule is CNCC1(C2CCCC2)CCCOC1. The first-order valence-corrected chi connectivity index (χ1v) is 6.10. The summed E-state index contributed by atoms with van der Waals surface area (Å²) in [6.07, 6.45) is 8.39. The Balaban J connectivity index is 2.02. The number of hydrogen-bond donors (Lipinski definition) is 1. The summed E-state index contributed by atoms with van der Waals surface area (Å²) in [6.45, 7) is 3.13. The van der Waals surface area contributed by atoms with Crippen molar-refractivity contribution in [2.24, 2.45) is 11.3 Å². The van der Waals surface area contributed by atoms with E-state index < -0.39 is 0 Å². The monoisotopic (exact) mass is 197 g/mol. The Morgan fingerprint density at radius 2 is 2.07 bits per heavy atom. The smallest absolute Gasteiger partial charge is 0.0537 e. The lowest BCUT2D eigenvalue weighted by atomic mass is 9.70. The summed E-state index contributed by atoms with van der Waals surface area (Å²) in [5, 5.41) is 3.38. The standard InChI is InChI=1S/C12H23NO/c1-13-9-12(7-4-8-14-10-12)11-5-2-3-6-11/h11,13H,2-10H2,1H3. The minimum absolute atomic E-state index is 0.476. The molecule has 0 spiro atoms. The third-order valence-corrected chi connectivity index (χ3v) is 4.10. The molecule has 0 amide bonds. The van der Waals surface area contributed by atoms with Crippen LogP contribution in [0, 0.1) is 11.3 Å². The van der Waals surface area contributed by atoms with E-state index >= 15 is 0 Å². The third kappa shape index (κ3) is 1.96. The highest BCUT2D eigenvalue weighted by atomic mass is 16.5. The van der Waals surface area contributed by atoms with Gasteiger partial charge in [-0.2, -0.15) is 0 Å². The molecule has 1 N–H and O–H groups in total. The molecular formula is C12H23NO. The molecule has 14 heavy (non-hydrogen) atoms. The summed E-state index contributed by atoms with van der Waals surface area (Å²) < 4.78 is 5.71. The molecule has 1 saturated heterocycles. The molecule has 0 aromatic heterocycles. The minimum atomic E-state index is 0.476. The molecule has 2 heteroatoms. The average Bonchev–Trinajstić information content (AvgIpc) is 2.73. The molecule has 2 aliphatic rings. The van der Waals surface area contributed by atoms with Crippen molar-refractivity contribution in [3.05, 3.63) is 0 Å². The Bertz CT molecular complexity index is 164. The Labute approximate surface area is 87.4 Å². The van der Waals surface area contributed by atoms with Crippen LogP contribution in [0.5, 0.6) is 0 Å². The molecule has 1 heterocycles. The second-order valence-corrected chi connectivity index (χ2v) is 5.03. The van der Waals surface area contributed by atoms with Crippen LogP contribution in [0.4, 0.5) is 0 Å². The number of ether oxygens (including phenoxy) is 1. The van der Waals surface area contributed by atoms with Crippen LogP contribution in [0.1, 0.15) is 38.5 Å². The number of hydrogen-bond acceptors (Lipinski definition) is 2. The van der Waals surface area contributed by atoms with Gasteiger partial charge >= 0.3 is 0 Å². The Kier molecular flexibility index (Phi) is 3.45. The van der Waals surface area contributed by atoms with Crippen molar-refractivity contribution in [3.63, 3.8) is 0 Å². The first-order valence-electron chi connectivity index (χ1n) is 6.10. The Morgan fingerprint density at radius 1 is 1.29 bits per heavy atom. The lowest BCUT2D eigenvalue weighted by Crippen LogP contribution is -2.44. The quantitative estimate of drug-likeness (QED) is 0.749. The van der Waals surface area contributed by atoms with Gasteiger partial charge in [-0.05, 0) is 38.6 Å². The lowest BCUT2D eigenvalue weighted by Gasteiger charge is -2.42. The molecule has 1 aliphatic carbocycles. The second-order valence-electron chi connectivity index (χ2n) is 5.03. The highest BCUT2D eigenvalue weighted by Crippen LogP contribution is 2.44. The van der Waals surface area contributed by atoms with Gasteiger partial charge in [0.1, 0.15) is 0 Å². The first-order chi connectivity index (χ1) is 6.87. The van der Waals surface area contributed by atoms with Gasteiger partial charge in [0.2, 0.25) is 0 Å². The van der Waals surface area contributed by atoms with Crippen molar-refractivity contribution in [2.75, 3.05) is 26.8 Å². The highest BCUT2D eigenvalue weighted by molar-refractivity contribution is 4.92. The van der Waals surface area contributed by atoms with E-state index in [9.17, 15) is 0 Å². The van der Waals surface area contributed by atoms with Gasteiger partial charge in [-0.15, -0.1) is 0 Å². The van der Waals surface area contributed by atoms with E-state index in [4.69, 9.17) is 4.74 Å². The molecule has 1 saturated carbocycles. The van der Waals surface area contributed by atoms with Gasteiger partial charge < -0.3 is 10.1 Å². The van der Waals surface area contributed by atoms with E-state index in [1.165, 1.54) is 38.5 Å². The third-order valence-electron chi connectivity index (χ3n) is 4.10. The molecule has 2 nitrogen and oxygen atoms in total. The van der Waals surface area contributed by atoms with E-state index in [0.29, 0.717) is 5.41 Å². The molecule has 82 valence electrons. The molecule has 0 aromatic rings. The van der Waals surface area contributed by atoms with Gasteiger partial charge in [0.15, 0.2) is 0 Å². The number of rotatable bonds is 3. The molecule has 2 fully saturated rings. The maximum atomic E-state index is 5.71. The van der Waals surface area contributed by atoms with Crippen LogP contribution in [0.2, 0.25) is 0 Å². The Hall–Kier alpha value is -0.0800. The van der Waals surface area contributed by atoms with Gasteiger partial charge in [-0.25, -0.2) is 0 Å². The van der Waals surface area contributed by atoms with Crippen molar-refractivity contribution in [1.29, 1.82) is 0 Å². The average molecular weight is 197 g/mol. The van der Waals surface area contributed by atoms with Gasteiger partial charge in [0, 0.05) is 18.6 Å². The van der Waals surface area contributed by atoms with Crippen LogP contribution in [-0.4, -0.2) is 26.8 Å². The van der Waals surface area contributed by atoms with E-state index in [1.54, 1.807) is 0 Å². The number of nitrogens with one attached hydrogen (secondary N) is 1. The summed E-state index contributed by atoms with van der Waals surface area (Å²) in [5.41, 5.74) is 0.476. The molecule has 0 aromatic carbocycles. The van der Waals surface area contributed by atoms with Crippen molar-refractivity contribution >= 4 is 0 Å². The largest absolute Gasteiger partial charge is 0.381 e. The summed E-state index contributed by atoms with van der Waals surface area (Å²) >= 11 is 0. The van der Waals surface area contributed by atoms with Gasteiger partial charge in [0.05, 0.1) is 6.61 Å². The fraction of sp³-hybridized carbons (Fsp3) is 1.00. The lowest BCUT2D eigenvalue weighted by molar-refractivity contribution is -0.0394. The van der Waals surface area contributed by atoms with Crippen LogP contribution >= 0.6 is 0 Å². The maximum Gasteiger partial charge on any atom is 0.0537 e. The molecular weight excluding hydrogens is 174 g/mol. The fourth-order valence-electron chi connectivity index (χ4n) is 3.37. The zero-order chi connectivity index (χ0) is 9.86. The van der Waals surface area contributed by atoms with Crippen LogP contribution in [0.3, 0.4) is 0 Å². The first kappa shape index (κ1) is 10.4. The van der Waals surface area contributed by atoms with Gasteiger partial charge in [-0.3, -0.25) is 0 Å². The van der Waals surface area contributed by atoms with E-state index in [2.05, 4.69) is 12.4 Å². The van der Waals surface area contributed by atoms with Crippen LogP contribution in [0.25, 0.3) is 0 Å². The van der Waals surface area contributed by atoms with E-state index in [0.717, 1.165) is 25.7 Å². The second kappa shape index (κ2) is 4.63. The fourth-order valence-corrected chi connectivity index (χ4v) is 3.37. The molecule has 0 radical (unpaired) electrons. The predicted octanol–water partition coefficient (Wildman–Crippen LogP) is 2.19. The normalized spacial score (nSPS) is 34.9. The van der Waals surface area contributed by atoms with Crippen molar-refractivity contribution < 1.29 is 4.74 Å². The summed E-state index contributed by atoms with van der Waals surface area (Å²) in [6, 6.07) is 0. The molecule has 0 bridgehead atoms. The maximum absolute atomic E-state index is 5.71. The Morgan fingerprint density at radius 3 is 2.64 bits per heavy atom. The molecule has 1 atom stereocenters. The van der Waals surface area contributed by atoms with Crippen molar-refractivity contribution in [1.82, 2.24) is 5.32 Å². The van der Waals surface area contributed by atoms with Gasteiger partial charge in [0.25, 0.3) is 0 Å². The zero-order valence-electron chi connectivity index (χ0n) is 9.35. The highest BCUT2D eigenvalue weighted by Gasteiger charge is 2.40. The molecule has 2 rings (SSSR count). The van der Waals surface area contributed by atoms with E-state index in [1.807, 2.05) is 0 Å². The summed E-state index contributed by atoms with van der Waals surface area (Å²) in [4.78, 5) is 0. The van der Waals surface area contributed by atoms with Crippen LogP contribution in [0.15, 0.2) is 0 Å². The predicted molar refractivity (Wildman–Crippen MR) is 58.4 cm³/mol. The van der Waals surface area contributed by atoms with E-state index in [-0.39, 0.29) is 0 Å². The minimum Gasteiger partial charge on any atom is -0.381 e. The summed E-state index contributed by atoms with van der Waals surface area (Å²) in [7, 11) is 2.07. The van der Waals surface area contributed by atoms with Crippen molar-refractivity contribution in [2.45, 2.75) is 38.5 Å². The molecule has 1 unspecified atom stereocenters. The summed E-state index contributed by atoms with van der Waals surface area (Å²) in [5.74, 6) is 0.926. The van der Waals surface area contributed by atoms with Crippen LogP contribution in [-0.2, 0) is 4.74 Å². The van der Waals surface area contributed by atoms with Crippen LogP contribution < -0.4 is 5.32 Å². The van der Waals surface area contributed by atoms with Crippen molar-refractivity contribution in [3.8, 4) is 0 Å². The topological polar surface area (TPSA) is 21.3 Å². The molecule has 1 aliphatic heterocycles. The zero-order valence-corrected chi connectivity index (χ0v) is 9.35. The van der Waals surface area contributed by atoms with Gasteiger partial charge in [-0.1, -0.05) is 12.8 Å².